The van der Waals surface area contributed by atoms with Gasteiger partial charge in [-0.1, -0.05) is 35.9 Å². The Bertz CT molecular complexity index is 1110. The number of nitrogens with one attached hydrogen (secondary N) is 1. The van der Waals surface area contributed by atoms with Crippen LogP contribution in [-0.4, -0.2) is 24.8 Å². The lowest BCUT2D eigenvalue weighted by atomic mass is 10.0. The molecule has 0 spiro atoms. The number of rotatable bonds is 5. The third kappa shape index (κ3) is 4.18. The van der Waals surface area contributed by atoms with Gasteiger partial charge in [0.15, 0.2) is 5.65 Å². The van der Waals surface area contributed by atoms with Crippen LogP contribution in [0.3, 0.4) is 0 Å². The molecule has 3 aromatic heterocycles. The number of aromatic nitrogens is 5. The molecular formula is C20H17F3N6. The Morgan fingerprint density at radius 2 is 1.79 bits per heavy atom. The summed E-state index contributed by atoms with van der Waals surface area (Å²) in [6, 6.07) is 16.3. The lowest BCUT2D eigenvalue weighted by Gasteiger charge is -2.19. The summed E-state index contributed by atoms with van der Waals surface area (Å²) in [4.78, 5) is 4.40. The van der Waals surface area contributed by atoms with Gasteiger partial charge in [-0.3, -0.25) is 4.98 Å². The number of anilines is 1. The van der Waals surface area contributed by atoms with Gasteiger partial charge in [0.05, 0.1) is 11.7 Å². The van der Waals surface area contributed by atoms with E-state index < -0.39 is 12.0 Å². The zero-order valence-electron chi connectivity index (χ0n) is 15.4. The summed E-state index contributed by atoms with van der Waals surface area (Å²) >= 11 is 0. The molecule has 0 aliphatic carbocycles. The maximum atomic E-state index is 13.1. The minimum Gasteiger partial charge on any atom is -0.360 e. The first kappa shape index (κ1) is 18.9. The number of hydrogen-bond acceptors (Lipinski definition) is 5. The van der Waals surface area contributed by atoms with E-state index in [1.165, 1.54) is 6.07 Å². The van der Waals surface area contributed by atoms with Crippen molar-refractivity contribution in [3.63, 3.8) is 0 Å². The second kappa shape index (κ2) is 7.50. The highest BCUT2D eigenvalue weighted by Gasteiger charge is 2.37. The SMILES string of the molecule is Cc1ccc(CC(Nc2ccc3nnc(C(F)(F)F)n3n2)c2ccccn2)cc1. The highest BCUT2D eigenvalue weighted by Crippen LogP contribution is 2.28. The van der Waals surface area contributed by atoms with Gasteiger partial charge >= 0.3 is 6.18 Å². The van der Waals surface area contributed by atoms with Crippen molar-refractivity contribution >= 4 is 11.5 Å². The lowest BCUT2D eigenvalue weighted by molar-refractivity contribution is -0.146. The van der Waals surface area contributed by atoms with E-state index in [9.17, 15) is 13.2 Å². The van der Waals surface area contributed by atoms with E-state index in [1.54, 1.807) is 12.3 Å². The Morgan fingerprint density at radius 3 is 2.48 bits per heavy atom. The first-order chi connectivity index (χ1) is 13.9. The third-order valence-corrected chi connectivity index (χ3v) is 4.44. The van der Waals surface area contributed by atoms with Gasteiger partial charge in [-0.05, 0) is 43.2 Å². The molecule has 4 rings (SSSR count). The molecular weight excluding hydrogens is 381 g/mol. The van der Waals surface area contributed by atoms with Gasteiger partial charge in [0, 0.05) is 6.20 Å². The van der Waals surface area contributed by atoms with Crippen LogP contribution in [0.25, 0.3) is 5.65 Å². The largest absolute Gasteiger partial charge is 0.453 e. The van der Waals surface area contributed by atoms with E-state index in [-0.39, 0.29) is 17.5 Å². The van der Waals surface area contributed by atoms with Gasteiger partial charge in [0.25, 0.3) is 5.82 Å². The quantitative estimate of drug-likeness (QED) is 0.545. The molecule has 29 heavy (non-hydrogen) atoms. The van der Waals surface area contributed by atoms with Crippen LogP contribution in [0.5, 0.6) is 0 Å². The molecule has 1 atom stereocenters. The average molecular weight is 398 g/mol. The molecule has 1 unspecified atom stereocenters. The van der Waals surface area contributed by atoms with Crippen molar-refractivity contribution in [3.05, 3.63) is 83.4 Å². The normalized spacial score (nSPS) is 12.8. The Hall–Kier alpha value is -3.49. The summed E-state index contributed by atoms with van der Waals surface area (Å²) in [6.07, 6.45) is -2.38. The molecule has 1 aromatic carbocycles. The number of alkyl halides is 3. The standard InChI is InChI=1S/C20H17F3N6/c1-13-5-7-14(8-6-13)12-16(15-4-2-3-11-24-15)25-17-9-10-18-26-27-19(20(21,22)23)29(18)28-17/h2-11,16H,12H2,1H3,(H,25,28). The van der Waals surface area contributed by atoms with Crippen molar-refractivity contribution in [2.75, 3.05) is 5.32 Å². The Kier molecular flexibility index (Phi) is 4.87. The van der Waals surface area contributed by atoms with E-state index in [2.05, 4.69) is 25.6 Å². The molecule has 1 N–H and O–H groups in total. The smallest absolute Gasteiger partial charge is 0.360 e. The zero-order valence-corrected chi connectivity index (χ0v) is 15.4. The highest BCUT2D eigenvalue weighted by atomic mass is 19.4. The number of fused-ring (bicyclic) bond motifs is 1. The van der Waals surface area contributed by atoms with Crippen molar-refractivity contribution in [1.82, 2.24) is 24.8 Å². The molecule has 148 valence electrons. The van der Waals surface area contributed by atoms with Crippen molar-refractivity contribution in [1.29, 1.82) is 0 Å². The summed E-state index contributed by atoms with van der Waals surface area (Å²) < 4.78 is 40.1. The van der Waals surface area contributed by atoms with E-state index in [0.29, 0.717) is 10.9 Å². The monoisotopic (exact) mass is 398 g/mol. The topological polar surface area (TPSA) is 68.0 Å². The number of benzene rings is 1. The number of hydrogen-bond donors (Lipinski definition) is 1. The van der Waals surface area contributed by atoms with E-state index in [4.69, 9.17) is 0 Å². The first-order valence-electron chi connectivity index (χ1n) is 8.93. The maximum Gasteiger partial charge on any atom is 0.453 e. The summed E-state index contributed by atoms with van der Waals surface area (Å²) in [5.74, 6) is -0.894. The minimum atomic E-state index is -4.65. The minimum absolute atomic E-state index is 0.0239. The molecule has 0 bridgehead atoms. The summed E-state index contributed by atoms with van der Waals surface area (Å²) in [6.45, 7) is 2.01. The Balaban J connectivity index is 1.67. The summed E-state index contributed by atoms with van der Waals surface area (Å²) in [5.41, 5.74) is 3.00. The molecule has 4 aromatic rings. The zero-order chi connectivity index (χ0) is 20.4. The number of nitrogens with zero attached hydrogens (tertiary/aromatic N) is 5. The van der Waals surface area contributed by atoms with Gasteiger partial charge < -0.3 is 5.32 Å². The van der Waals surface area contributed by atoms with Crippen LogP contribution >= 0.6 is 0 Å². The maximum absolute atomic E-state index is 13.1. The second-order valence-electron chi connectivity index (χ2n) is 6.65. The van der Waals surface area contributed by atoms with Crippen LogP contribution in [0.15, 0.2) is 60.8 Å². The van der Waals surface area contributed by atoms with Crippen molar-refractivity contribution in [3.8, 4) is 0 Å². The van der Waals surface area contributed by atoms with Crippen LogP contribution in [0.1, 0.15) is 28.7 Å². The predicted molar refractivity (Wildman–Crippen MR) is 101 cm³/mol. The second-order valence-corrected chi connectivity index (χ2v) is 6.65. The molecule has 0 amide bonds. The van der Waals surface area contributed by atoms with E-state index in [1.807, 2.05) is 49.4 Å². The van der Waals surface area contributed by atoms with Gasteiger partial charge in [-0.25, -0.2) is 0 Å². The molecule has 3 heterocycles. The van der Waals surface area contributed by atoms with Gasteiger partial charge in [0.2, 0.25) is 0 Å². The fourth-order valence-electron chi connectivity index (χ4n) is 2.99. The van der Waals surface area contributed by atoms with Crippen molar-refractivity contribution in [2.24, 2.45) is 0 Å². The first-order valence-corrected chi connectivity index (χ1v) is 8.93. The molecule has 0 saturated carbocycles. The van der Waals surface area contributed by atoms with Crippen LogP contribution in [-0.2, 0) is 12.6 Å². The van der Waals surface area contributed by atoms with Crippen molar-refractivity contribution < 1.29 is 13.2 Å². The molecule has 0 fully saturated rings. The summed E-state index contributed by atoms with van der Waals surface area (Å²) in [7, 11) is 0. The van der Waals surface area contributed by atoms with Crippen LogP contribution in [0, 0.1) is 6.92 Å². The van der Waals surface area contributed by atoms with Gasteiger partial charge in [0.1, 0.15) is 5.82 Å². The highest BCUT2D eigenvalue weighted by molar-refractivity contribution is 5.45. The fourth-order valence-corrected chi connectivity index (χ4v) is 2.99. The van der Waals surface area contributed by atoms with Crippen LogP contribution in [0.4, 0.5) is 19.0 Å². The third-order valence-electron chi connectivity index (χ3n) is 4.44. The number of halogens is 3. The van der Waals surface area contributed by atoms with Crippen molar-refractivity contribution in [2.45, 2.75) is 25.6 Å². The predicted octanol–water partition coefficient (Wildman–Crippen LogP) is 4.24. The molecule has 0 radical (unpaired) electrons. The van der Waals surface area contributed by atoms with E-state index in [0.717, 1.165) is 16.8 Å². The molecule has 0 saturated heterocycles. The number of pyridine rings is 1. The average Bonchev–Trinajstić information content (AvgIpc) is 3.13. The lowest BCUT2D eigenvalue weighted by Crippen LogP contribution is -2.18. The van der Waals surface area contributed by atoms with Gasteiger partial charge in [-0.2, -0.15) is 17.7 Å². The molecule has 6 nitrogen and oxygen atoms in total. The Labute approximate surface area is 164 Å². The fraction of sp³-hybridized carbons (Fsp3) is 0.200. The molecule has 0 aliphatic rings. The molecule has 9 heteroatoms. The van der Waals surface area contributed by atoms with Gasteiger partial charge in [-0.15, -0.1) is 15.3 Å². The Morgan fingerprint density at radius 1 is 1.00 bits per heavy atom. The molecule has 0 aliphatic heterocycles. The number of aryl methyl sites for hydroxylation is 1. The summed E-state index contributed by atoms with van der Waals surface area (Å²) in [5, 5.41) is 14.0. The van der Waals surface area contributed by atoms with Crippen LogP contribution < -0.4 is 5.32 Å². The van der Waals surface area contributed by atoms with E-state index >= 15 is 0 Å². The van der Waals surface area contributed by atoms with Crippen LogP contribution in [0.2, 0.25) is 0 Å².